The van der Waals surface area contributed by atoms with Crippen LogP contribution in [0.1, 0.15) is 70.3 Å². The number of nitrogens with zero attached hydrogens (tertiary/aromatic N) is 3. The van der Waals surface area contributed by atoms with Gasteiger partial charge in [0.25, 0.3) is 0 Å². The third kappa shape index (κ3) is 5.18. The molecule has 4 fully saturated rings. The molecule has 0 radical (unpaired) electrons. The fourth-order valence-electron chi connectivity index (χ4n) is 6.72. The first kappa shape index (κ1) is 27.6. The molecule has 1 aliphatic heterocycles. The number of hydrogen-bond acceptors (Lipinski definition) is 8. The van der Waals surface area contributed by atoms with Crippen molar-refractivity contribution >= 4 is 19.0 Å². The summed E-state index contributed by atoms with van der Waals surface area (Å²) in [6.45, 7) is 12.3. The van der Waals surface area contributed by atoms with Gasteiger partial charge in [-0.2, -0.15) is 5.10 Å². The van der Waals surface area contributed by atoms with Gasteiger partial charge in [-0.1, -0.05) is 26.0 Å². The van der Waals surface area contributed by atoms with Crippen molar-refractivity contribution < 1.29 is 28.4 Å². The molecular weight excluding hydrogens is 499 g/mol. The van der Waals surface area contributed by atoms with Gasteiger partial charge in [0, 0.05) is 0 Å². The summed E-state index contributed by atoms with van der Waals surface area (Å²) in [4.78, 5) is 30.0. The van der Waals surface area contributed by atoms with Crippen LogP contribution in [0, 0.1) is 17.3 Å². The molecule has 39 heavy (non-hydrogen) atoms. The minimum Gasteiger partial charge on any atom is -0.496 e. The summed E-state index contributed by atoms with van der Waals surface area (Å²) in [5, 5.41) is 7.16. The number of ether oxygens (including phenoxy) is 2. The van der Waals surface area contributed by atoms with E-state index in [-0.39, 0.29) is 24.0 Å². The van der Waals surface area contributed by atoms with Crippen LogP contribution < -0.4 is 10.1 Å². The van der Waals surface area contributed by atoms with Crippen LogP contribution in [0.25, 0.3) is 0 Å². The van der Waals surface area contributed by atoms with E-state index in [1.54, 1.807) is 12.1 Å². The number of carbonyl (C=O) groups is 2. The summed E-state index contributed by atoms with van der Waals surface area (Å²) in [5.74, 6) is 0.148. The van der Waals surface area contributed by atoms with Crippen LogP contribution in [0.15, 0.2) is 30.9 Å². The fourth-order valence-corrected chi connectivity index (χ4v) is 6.72. The van der Waals surface area contributed by atoms with Crippen LogP contribution in [0.4, 0.5) is 0 Å². The lowest BCUT2D eigenvalue weighted by atomic mass is 9.43. The Morgan fingerprint density at radius 1 is 1.26 bits per heavy atom. The van der Waals surface area contributed by atoms with E-state index in [1.165, 1.54) is 24.4 Å². The summed E-state index contributed by atoms with van der Waals surface area (Å²) in [7, 11) is 0.864. The maximum absolute atomic E-state index is 13.1. The molecule has 1 saturated heterocycles. The Labute approximate surface area is 230 Å². The van der Waals surface area contributed by atoms with E-state index in [1.807, 2.05) is 26.8 Å². The summed E-state index contributed by atoms with van der Waals surface area (Å²) in [6, 6.07) is 5.36. The number of hydrogen-bond donors (Lipinski definition) is 1. The molecule has 5 atom stereocenters. The largest absolute Gasteiger partial charge is 0.496 e. The van der Waals surface area contributed by atoms with Crippen LogP contribution >= 0.6 is 0 Å². The number of rotatable bonds is 8. The summed E-state index contributed by atoms with van der Waals surface area (Å²) in [6.07, 6.45) is 5.24. The maximum Gasteiger partial charge on any atom is 0.482 e. The number of amides is 1. The minimum absolute atomic E-state index is 0.0106. The second-order valence-corrected chi connectivity index (χ2v) is 12.8. The number of para-hydroxylation sites is 1. The molecule has 4 aliphatic rings. The molecular formula is C28H39BN4O6. The first-order chi connectivity index (χ1) is 18.3. The third-order valence-corrected chi connectivity index (χ3v) is 8.78. The van der Waals surface area contributed by atoms with Crippen LogP contribution in [0.3, 0.4) is 0 Å². The van der Waals surface area contributed by atoms with Gasteiger partial charge in [0.15, 0.2) is 0 Å². The zero-order chi connectivity index (χ0) is 28.2. The molecule has 1 aromatic carbocycles. The highest BCUT2D eigenvalue weighted by Crippen LogP contribution is 2.65. The van der Waals surface area contributed by atoms with Gasteiger partial charge < -0.3 is 24.1 Å². The lowest BCUT2D eigenvalue weighted by Crippen LogP contribution is -2.65. The van der Waals surface area contributed by atoms with Crippen molar-refractivity contribution in [1.82, 2.24) is 20.1 Å². The zero-order valence-electron chi connectivity index (χ0n) is 23.9. The second kappa shape index (κ2) is 9.93. The van der Waals surface area contributed by atoms with Crippen molar-refractivity contribution in [2.75, 3.05) is 7.11 Å². The van der Waals surface area contributed by atoms with Gasteiger partial charge in [0.2, 0.25) is 5.91 Å². The van der Waals surface area contributed by atoms with Crippen LogP contribution in [-0.4, -0.2) is 64.1 Å². The normalized spacial score (nSPS) is 27.8. The minimum atomic E-state index is -0.662. The van der Waals surface area contributed by atoms with Gasteiger partial charge in [-0.15, -0.1) is 0 Å². The number of aromatic nitrogens is 3. The molecule has 1 aromatic heterocycles. The van der Waals surface area contributed by atoms with Gasteiger partial charge in [0.05, 0.1) is 24.8 Å². The molecule has 3 saturated carbocycles. The highest BCUT2D eigenvalue weighted by molar-refractivity contribution is 6.48. The predicted octanol–water partition coefficient (Wildman–Crippen LogP) is 3.24. The molecule has 10 nitrogen and oxygen atoms in total. The van der Waals surface area contributed by atoms with Crippen molar-refractivity contribution in [2.24, 2.45) is 17.3 Å². The lowest BCUT2D eigenvalue weighted by Gasteiger charge is -2.64. The average Bonchev–Trinajstić information content (AvgIpc) is 3.48. The number of esters is 1. The monoisotopic (exact) mass is 538 g/mol. The Balaban J connectivity index is 1.42. The van der Waals surface area contributed by atoms with Gasteiger partial charge in [-0.3, -0.25) is 4.79 Å². The van der Waals surface area contributed by atoms with Gasteiger partial charge in [0.1, 0.15) is 36.1 Å². The van der Waals surface area contributed by atoms with E-state index in [2.05, 4.69) is 36.2 Å². The van der Waals surface area contributed by atoms with Gasteiger partial charge in [-0.05, 0) is 75.8 Å². The standard InChI is InChI=1S/C28H39BN4O6/c1-26(2,3)37-25(35)19-10-8-9-17(24(19)36-7)11-22(32-23(34)14-33-16-30-15-31-33)29-38-21-13-18-12-20(27(18,4)5)28(21,6)39-29/h8-10,15-16,18,20-22H,11-14H2,1-7H3,(H,32,34)/t18-,20-,21+,22-,28-/m0/s1. The van der Waals surface area contributed by atoms with Crippen molar-refractivity contribution in [2.45, 2.75) is 90.6 Å². The van der Waals surface area contributed by atoms with E-state index in [0.29, 0.717) is 29.6 Å². The number of benzene rings is 1. The zero-order valence-corrected chi connectivity index (χ0v) is 23.9. The molecule has 2 heterocycles. The van der Waals surface area contributed by atoms with Crippen LogP contribution in [-0.2, 0) is 31.8 Å². The highest BCUT2D eigenvalue weighted by atomic mass is 16.7. The van der Waals surface area contributed by atoms with E-state index >= 15 is 0 Å². The number of methoxy groups -OCH3 is 1. The van der Waals surface area contributed by atoms with Crippen molar-refractivity contribution in [3.8, 4) is 5.75 Å². The molecule has 0 unspecified atom stereocenters. The van der Waals surface area contributed by atoms with E-state index in [0.717, 1.165) is 18.4 Å². The molecule has 0 spiro atoms. The first-order valence-corrected chi connectivity index (χ1v) is 13.7. The quantitative estimate of drug-likeness (QED) is 0.403. The van der Waals surface area contributed by atoms with Gasteiger partial charge in [-0.25, -0.2) is 14.5 Å². The summed E-state index contributed by atoms with van der Waals surface area (Å²) >= 11 is 0. The predicted molar refractivity (Wildman–Crippen MR) is 144 cm³/mol. The summed E-state index contributed by atoms with van der Waals surface area (Å²) < 4.78 is 26.1. The first-order valence-electron chi connectivity index (χ1n) is 13.7. The second-order valence-electron chi connectivity index (χ2n) is 12.8. The number of nitrogens with one attached hydrogen (secondary N) is 1. The van der Waals surface area contributed by atoms with E-state index < -0.39 is 30.2 Å². The van der Waals surface area contributed by atoms with E-state index in [9.17, 15) is 9.59 Å². The van der Waals surface area contributed by atoms with Crippen LogP contribution in [0.2, 0.25) is 0 Å². The molecule has 1 amide bonds. The Kier molecular flexibility index (Phi) is 7.04. The molecule has 2 aromatic rings. The molecule has 6 rings (SSSR count). The fraction of sp³-hybridized carbons (Fsp3) is 0.643. The number of carbonyl (C=O) groups excluding carboxylic acids is 2. The smallest absolute Gasteiger partial charge is 0.482 e. The molecule has 11 heteroatoms. The Hall–Kier alpha value is -2.92. The Bertz CT molecular complexity index is 1230. The topological polar surface area (TPSA) is 114 Å². The van der Waals surface area contributed by atoms with E-state index in [4.69, 9.17) is 18.8 Å². The van der Waals surface area contributed by atoms with Crippen molar-refractivity contribution in [3.05, 3.63) is 42.0 Å². The van der Waals surface area contributed by atoms with Gasteiger partial charge >= 0.3 is 13.1 Å². The highest BCUT2D eigenvalue weighted by Gasteiger charge is 2.68. The average molecular weight is 538 g/mol. The third-order valence-electron chi connectivity index (χ3n) is 8.78. The SMILES string of the molecule is COc1c(C[C@H](NC(=O)Cn2cncn2)B2O[C@@H]3C[C@@H]4C[C@@H](C4(C)C)[C@]3(C)O2)cccc1C(=O)OC(C)(C)C. The molecule has 1 N–H and O–H groups in total. The summed E-state index contributed by atoms with van der Waals surface area (Å²) in [5.41, 5.74) is 0.181. The lowest BCUT2D eigenvalue weighted by molar-refractivity contribution is -0.199. The van der Waals surface area contributed by atoms with Crippen molar-refractivity contribution in [1.29, 1.82) is 0 Å². The maximum atomic E-state index is 13.1. The molecule has 3 aliphatic carbocycles. The Morgan fingerprint density at radius 2 is 2.03 bits per heavy atom. The molecule has 2 bridgehead atoms. The van der Waals surface area contributed by atoms with Crippen molar-refractivity contribution in [3.63, 3.8) is 0 Å². The Morgan fingerprint density at radius 3 is 2.67 bits per heavy atom. The van der Waals surface area contributed by atoms with Crippen LogP contribution in [0.5, 0.6) is 5.75 Å². The molecule has 210 valence electrons.